The molecule has 0 radical (unpaired) electrons. The third-order valence-electron chi connectivity index (χ3n) is 3.26. The highest BCUT2D eigenvalue weighted by atomic mass is 16.5. The zero-order valence-corrected chi connectivity index (χ0v) is 11.8. The normalized spacial score (nSPS) is 17.5. The summed E-state index contributed by atoms with van der Waals surface area (Å²) in [4.78, 5) is 13.4. The fourth-order valence-electron chi connectivity index (χ4n) is 2.20. The van der Waals surface area contributed by atoms with Crippen LogP contribution in [0.3, 0.4) is 0 Å². The fourth-order valence-corrected chi connectivity index (χ4v) is 2.20. The molecule has 0 aliphatic carbocycles. The molecule has 6 nitrogen and oxygen atoms in total. The average Bonchev–Trinajstić information content (AvgIpc) is 2.60. The lowest BCUT2D eigenvalue weighted by Crippen LogP contribution is -2.29. The van der Waals surface area contributed by atoms with E-state index in [9.17, 15) is 0 Å². The van der Waals surface area contributed by atoms with Crippen LogP contribution in [0.2, 0.25) is 0 Å². The first kappa shape index (κ1) is 14.0. The summed E-state index contributed by atoms with van der Waals surface area (Å²) in [6.07, 6.45) is 1.14. The van der Waals surface area contributed by atoms with Crippen LogP contribution in [0.25, 0.3) is 0 Å². The number of nitrogens with zero attached hydrogens (tertiary/aromatic N) is 4. The number of aromatic nitrogens is 2. The molecule has 1 aromatic heterocycles. The molecule has 2 rings (SSSR count). The Bertz CT molecular complexity index is 412. The smallest absolute Gasteiger partial charge is 0.158 e. The molecule has 6 heteroatoms. The molecule has 0 aromatic carbocycles. The summed E-state index contributed by atoms with van der Waals surface area (Å²) in [5.41, 5.74) is 5.86. The lowest BCUT2D eigenvalue weighted by Gasteiger charge is -2.22. The summed E-state index contributed by atoms with van der Waals surface area (Å²) < 4.78 is 5.35. The Kier molecular flexibility index (Phi) is 4.93. The molecular weight excluding hydrogens is 242 g/mol. The summed E-state index contributed by atoms with van der Waals surface area (Å²) >= 11 is 0. The van der Waals surface area contributed by atoms with E-state index in [0.29, 0.717) is 24.9 Å². The summed E-state index contributed by atoms with van der Waals surface area (Å²) in [5, 5.41) is 0. The largest absolute Gasteiger partial charge is 0.384 e. The van der Waals surface area contributed by atoms with Gasteiger partial charge in [0.25, 0.3) is 0 Å². The van der Waals surface area contributed by atoms with Gasteiger partial charge in [-0.1, -0.05) is 0 Å². The maximum atomic E-state index is 5.86. The molecule has 106 valence electrons. The van der Waals surface area contributed by atoms with Crippen LogP contribution in [-0.4, -0.2) is 54.7 Å². The second-order valence-corrected chi connectivity index (χ2v) is 4.85. The maximum Gasteiger partial charge on any atom is 0.158 e. The average molecular weight is 265 g/mol. The fraction of sp³-hybridized carbons (Fsp3) is 0.692. The zero-order chi connectivity index (χ0) is 13.7. The standard InChI is InChI=1S/C13H23N5O/c1-3-19-10-12-15-11(14)9-13(16-12)18-6-4-5-17(2)7-8-18/h9H,3-8,10H2,1-2H3,(H2,14,15,16). The number of hydrogen-bond donors (Lipinski definition) is 1. The molecule has 2 heterocycles. The van der Waals surface area contributed by atoms with Gasteiger partial charge in [0.2, 0.25) is 0 Å². The van der Waals surface area contributed by atoms with Gasteiger partial charge in [0.15, 0.2) is 5.82 Å². The van der Waals surface area contributed by atoms with Crippen LogP contribution in [-0.2, 0) is 11.3 Å². The van der Waals surface area contributed by atoms with Crippen LogP contribution < -0.4 is 10.6 Å². The van der Waals surface area contributed by atoms with E-state index in [0.717, 1.165) is 38.4 Å². The minimum Gasteiger partial charge on any atom is -0.384 e. The third kappa shape index (κ3) is 4.04. The second-order valence-electron chi connectivity index (χ2n) is 4.85. The van der Waals surface area contributed by atoms with Gasteiger partial charge in [0.05, 0.1) is 0 Å². The molecule has 0 bridgehead atoms. The number of likely N-dealkylation sites (N-methyl/N-ethyl adjacent to an activating group) is 1. The monoisotopic (exact) mass is 265 g/mol. The van der Waals surface area contributed by atoms with Crippen molar-refractivity contribution in [3.05, 3.63) is 11.9 Å². The van der Waals surface area contributed by atoms with Crippen molar-refractivity contribution in [1.82, 2.24) is 14.9 Å². The Morgan fingerprint density at radius 3 is 2.89 bits per heavy atom. The van der Waals surface area contributed by atoms with Gasteiger partial charge in [0.1, 0.15) is 18.2 Å². The van der Waals surface area contributed by atoms with Gasteiger partial charge >= 0.3 is 0 Å². The predicted octanol–water partition coefficient (Wildman–Crippen LogP) is 0.737. The third-order valence-corrected chi connectivity index (χ3v) is 3.26. The van der Waals surface area contributed by atoms with Crippen LogP contribution >= 0.6 is 0 Å². The van der Waals surface area contributed by atoms with E-state index in [1.807, 2.05) is 13.0 Å². The van der Waals surface area contributed by atoms with Crippen molar-refractivity contribution in [2.24, 2.45) is 0 Å². The minimum atomic E-state index is 0.419. The number of hydrogen-bond acceptors (Lipinski definition) is 6. The van der Waals surface area contributed by atoms with Crippen LogP contribution in [0, 0.1) is 0 Å². The van der Waals surface area contributed by atoms with E-state index < -0.39 is 0 Å². The van der Waals surface area contributed by atoms with Gasteiger partial charge in [-0.2, -0.15) is 0 Å². The molecule has 0 saturated carbocycles. The van der Waals surface area contributed by atoms with E-state index in [1.54, 1.807) is 0 Å². The predicted molar refractivity (Wildman–Crippen MR) is 76.1 cm³/mol. The molecule has 1 aromatic rings. The topological polar surface area (TPSA) is 67.5 Å². The van der Waals surface area contributed by atoms with E-state index in [4.69, 9.17) is 10.5 Å². The first-order chi connectivity index (χ1) is 9.19. The number of rotatable bonds is 4. The highest BCUT2D eigenvalue weighted by Crippen LogP contribution is 2.16. The summed E-state index contributed by atoms with van der Waals surface area (Å²) in [6, 6.07) is 1.85. The molecule has 0 spiro atoms. The van der Waals surface area contributed by atoms with Gasteiger partial charge < -0.3 is 20.3 Å². The van der Waals surface area contributed by atoms with Crippen molar-refractivity contribution in [2.45, 2.75) is 20.0 Å². The lowest BCUT2D eigenvalue weighted by atomic mass is 10.3. The first-order valence-corrected chi connectivity index (χ1v) is 6.83. The maximum absolute atomic E-state index is 5.86. The number of nitrogens with two attached hydrogens (primary N) is 1. The van der Waals surface area contributed by atoms with Crippen molar-refractivity contribution < 1.29 is 4.74 Å². The second kappa shape index (κ2) is 6.68. The Morgan fingerprint density at radius 1 is 1.26 bits per heavy atom. The van der Waals surface area contributed by atoms with Gasteiger partial charge in [-0.25, -0.2) is 9.97 Å². The summed E-state index contributed by atoms with van der Waals surface area (Å²) in [5.74, 6) is 2.09. The van der Waals surface area contributed by atoms with Crippen LogP contribution in [0.1, 0.15) is 19.2 Å². The van der Waals surface area contributed by atoms with Crippen molar-refractivity contribution in [2.75, 3.05) is 50.5 Å². The van der Waals surface area contributed by atoms with Crippen LogP contribution in [0.4, 0.5) is 11.6 Å². The van der Waals surface area contributed by atoms with Crippen LogP contribution in [0.15, 0.2) is 6.07 Å². The lowest BCUT2D eigenvalue weighted by molar-refractivity contribution is 0.128. The van der Waals surface area contributed by atoms with Crippen LogP contribution in [0.5, 0.6) is 0 Å². The molecule has 1 saturated heterocycles. The Hall–Kier alpha value is -1.40. The van der Waals surface area contributed by atoms with Gasteiger partial charge in [0, 0.05) is 32.3 Å². The number of anilines is 2. The SMILES string of the molecule is CCOCc1nc(N)cc(N2CCCN(C)CC2)n1. The molecule has 0 unspecified atom stereocenters. The first-order valence-electron chi connectivity index (χ1n) is 6.83. The highest BCUT2D eigenvalue weighted by Gasteiger charge is 2.15. The molecule has 0 atom stereocenters. The number of nitrogen functional groups attached to an aromatic ring is 1. The summed E-state index contributed by atoms with van der Waals surface area (Å²) in [6.45, 7) is 7.19. The molecule has 1 aliphatic rings. The molecule has 0 amide bonds. The van der Waals surface area contributed by atoms with E-state index >= 15 is 0 Å². The van der Waals surface area contributed by atoms with Gasteiger partial charge in [-0.05, 0) is 26.9 Å². The van der Waals surface area contributed by atoms with Crippen molar-refractivity contribution in [3.63, 3.8) is 0 Å². The Balaban J connectivity index is 2.11. The number of ether oxygens (including phenoxy) is 1. The molecule has 2 N–H and O–H groups in total. The molecule has 19 heavy (non-hydrogen) atoms. The van der Waals surface area contributed by atoms with Gasteiger partial charge in [-0.3, -0.25) is 0 Å². The van der Waals surface area contributed by atoms with Crippen molar-refractivity contribution >= 4 is 11.6 Å². The van der Waals surface area contributed by atoms with E-state index in [-0.39, 0.29) is 0 Å². The van der Waals surface area contributed by atoms with E-state index in [2.05, 4.69) is 26.8 Å². The molecule has 1 fully saturated rings. The molecule has 1 aliphatic heterocycles. The minimum absolute atomic E-state index is 0.419. The molecular formula is C13H23N5O. The van der Waals surface area contributed by atoms with E-state index in [1.165, 1.54) is 0 Å². The summed E-state index contributed by atoms with van der Waals surface area (Å²) in [7, 11) is 2.15. The van der Waals surface area contributed by atoms with Gasteiger partial charge in [-0.15, -0.1) is 0 Å². The Labute approximate surface area is 114 Å². The highest BCUT2D eigenvalue weighted by molar-refractivity contribution is 5.47. The zero-order valence-electron chi connectivity index (χ0n) is 11.8. The Morgan fingerprint density at radius 2 is 2.11 bits per heavy atom. The quantitative estimate of drug-likeness (QED) is 0.866. The van der Waals surface area contributed by atoms with Crippen molar-refractivity contribution in [1.29, 1.82) is 0 Å². The van der Waals surface area contributed by atoms with Crippen molar-refractivity contribution in [3.8, 4) is 0 Å².